The van der Waals surface area contributed by atoms with Gasteiger partial charge in [0, 0.05) is 6.04 Å². The van der Waals surface area contributed by atoms with E-state index in [-0.39, 0.29) is 18.2 Å². The molecule has 1 aromatic carbocycles. The summed E-state index contributed by atoms with van der Waals surface area (Å²) in [6.07, 6.45) is 3.73. The van der Waals surface area contributed by atoms with E-state index in [0.717, 1.165) is 5.56 Å². The first-order valence-electron chi connectivity index (χ1n) is 8.36. The summed E-state index contributed by atoms with van der Waals surface area (Å²) in [7, 11) is 0. The van der Waals surface area contributed by atoms with Crippen LogP contribution >= 0.6 is 0 Å². The molecule has 0 aromatic heterocycles. The highest BCUT2D eigenvalue weighted by Crippen LogP contribution is 2.23. The molecule has 0 aliphatic rings. The first-order chi connectivity index (χ1) is 12.4. The Balaban J connectivity index is 3.04. The van der Waals surface area contributed by atoms with Crippen LogP contribution in [0.25, 0.3) is 6.08 Å². The van der Waals surface area contributed by atoms with Crippen molar-refractivity contribution in [2.45, 2.75) is 33.2 Å². The van der Waals surface area contributed by atoms with Gasteiger partial charge in [-0.25, -0.2) is 4.79 Å². The zero-order valence-electron chi connectivity index (χ0n) is 15.4. The molecule has 0 unspecified atom stereocenters. The summed E-state index contributed by atoms with van der Waals surface area (Å²) >= 11 is 0. The number of rotatable bonds is 9. The number of ether oxygens (including phenoxy) is 2. The van der Waals surface area contributed by atoms with E-state index < -0.39 is 11.9 Å². The second kappa shape index (κ2) is 10.7. The van der Waals surface area contributed by atoms with E-state index >= 15 is 0 Å². The fourth-order valence-corrected chi connectivity index (χ4v) is 2.14. The van der Waals surface area contributed by atoms with Gasteiger partial charge in [-0.2, -0.15) is 5.26 Å². The number of nitriles is 1. The Morgan fingerprint density at radius 3 is 2.69 bits per heavy atom. The van der Waals surface area contributed by atoms with Crippen LogP contribution in [-0.2, 0) is 20.7 Å². The number of hydrogen-bond acceptors (Lipinski definition) is 5. The van der Waals surface area contributed by atoms with Crippen LogP contribution in [-0.4, -0.2) is 31.1 Å². The summed E-state index contributed by atoms with van der Waals surface area (Å²) in [5.41, 5.74) is 1.49. The van der Waals surface area contributed by atoms with Gasteiger partial charge in [0.15, 0.2) is 6.61 Å². The molecule has 1 N–H and O–H groups in total. The van der Waals surface area contributed by atoms with Gasteiger partial charge in [0.2, 0.25) is 0 Å². The van der Waals surface area contributed by atoms with Crippen molar-refractivity contribution in [2.24, 2.45) is 0 Å². The number of allylic oxidation sites excluding steroid dienone is 1. The monoisotopic (exact) mass is 356 g/mol. The number of esters is 1. The molecular weight excluding hydrogens is 332 g/mol. The van der Waals surface area contributed by atoms with Crippen LogP contribution < -0.4 is 10.1 Å². The number of amides is 1. The van der Waals surface area contributed by atoms with Crippen molar-refractivity contribution in [3.05, 3.63) is 47.6 Å². The van der Waals surface area contributed by atoms with Gasteiger partial charge in [-0.05, 0) is 56.5 Å². The normalized spacial score (nSPS) is 10.8. The van der Waals surface area contributed by atoms with Crippen LogP contribution in [0.15, 0.2) is 36.4 Å². The van der Waals surface area contributed by atoms with Crippen LogP contribution in [0.5, 0.6) is 5.75 Å². The van der Waals surface area contributed by atoms with Gasteiger partial charge in [0.05, 0.1) is 6.61 Å². The summed E-state index contributed by atoms with van der Waals surface area (Å²) in [6, 6.07) is 7.05. The molecule has 0 fully saturated rings. The smallest absolute Gasteiger partial charge is 0.344 e. The molecule has 1 aromatic rings. The van der Waals surface area contributed by atoms with Crippen LogP contribution in [0.2, 0.25) is 0 Å². The Labute approximate surface area is 154 Å². The molecule has 6 heteroatoms. The van der Waals surface area contributed by atoms with E-state index in [1.165, 1.54) is 6.08 Å². The van der Waals surface area contributed by atoms with Gasteiger partial charge in [-0.3, -0.25) is 4.79 Å². The van der Waals surface area contributed by atoms with Gasteiger partial charge in [0.25, 0.3) is 5.91 Å². The molecule has 26 heavy (non-hydrogen) atoms. The maximum Gasteiger partial charge on any atom is 0.344 e. The SMILES string of the molecule is C=CCc1cc(/C=C(/C#N)C(=O)NC(C)C)ccc1OCC(=O)OCC. The van der Waals surface area contributed by atoms with Crippen molar-refractivity contribution < 1.29 is 19.1 Å². The Kier molecular flexibility index (Phi) is 8.65. The number of carbonyl (C=O) groups is 2. The molecule has 1 amide bonds. The molecule has 138 valence electrons. The Morgan fingerprint density at radius 1 is 1.38 bits per heavy atom. The fraction of sp³-hybridized carbons (Fsp3) is 0.350. The first kappa shape index (κ1) is 21.0. The van der Waals surface area contributed by atoms with E-state index in [0.29, 0.717) is 24.3 Å². The average Bonchev–Trinajstić information content (AvgIpc) is 2.58. The summed E-state index contributed by atoms with van der Waals surface area (Å²) in [4.78, 5) is 23.5. The molecule has 1 rings (SSSR count). The van der Waals surface area contributed by atoms with Crippen LogP contribution in [0.4, 0.5) is 0 Å². The predicted molar refractivity (Wildman–Crippen MR) is 99.3 cm³/mol. The number of nitrogens with one attached hydrogen (secondary N) is 1. The lowest BCUT2D eigenvalue weighted by molar-refractivity contribution is -0.145. The van der Waals surface area contributed by atoms with E-state index in [1.54, 1.807) is 31.2 Å². The van der Waals surface area contributed by atoms with Gasteiger partial charge < -0.3 is 14.8 Å². The van der Waals surface area contributed by atoms with Crippen molar-refractivity contribution in [3.8, 4) is 11.8 Å². The summed E-state index contributed by atoms with van der Waals surface area (Å²) in [5, 5.41) is 11.9. The zero-order valence-corrected chi connectivity index (χ0v) is 15.4. The minimum absolute atomic E-state index is 0.0171. The lowest BCUT2D eigenvalue weighted by atomic mass is 10.0. The molecule has 0 saturated carbocycles. The average molecular weight is 356 g/mol. The molecule has 0 spiro atoms. The van der Waals surface area contributed by atoms with Gasteiger partial charge >= 0.3 is 5.97 Å². The molecular formula is C20H24N2O4. The summed E-state index contributed by atoms with van der Waals surface area (Å²) < 4.78 is 10.3. The predicted octanol–water partition coefficient (Wildman–Crippen LogP) is 2.79. The van der Waals surface area contributed by atoms with Crippen molar-refractivity contribution >= 4 is 18.0 Å². The third-order valence-corrected chi connectivity index (χ3v) is 3.20. The largest absolute Gasteiger partial charge is 0.482 e. The molecule has 0 aliphatic heterocycles. The highest BCUT2D eigenvalue weighted by Gasteiger charge is 2.12. The topological polar surface area (TPSA) is 88.4 Å². The number of carbonyl (C=O) groups excluding carboxylic acids is 2. The quantitative estimate of drug-likeness (QED) is 0.318. The molecule has 6 nitrogen and oxygen atoms in total. The van der Waals surface area contributed by atoms with Crippen LogP contribution in [0.1, 0.15) is 31.9 Å². The third-order valence-electron chi connectivity index (χ3n) is 3.20. The molecule has 0 aliphatic carbocycles. The van der Waals surface area contributed by atoms with E-state index in [9.17, 15) is 14.9 Å². The lowest BCUT2D eigenvalue weighted by Crippen LogP contribution is -2.30. The highest BCUT2D eigenvalue weighted by atomic mass is 16.6. The second-order valence-corrected chi connectivity index (χ2v) is 5.75. The second-order valence-electron chi connectivity index (χ2n) is 5.75. The number of benzene rings is 1. The summed E-state index contributed by atoms with van der Waals surface area (Å²) in [5.74, 6) is -0.339. The van der Waals surface area contributed by atoms with Gasteiger partial charge in [0.1, 0.15) is 17.4 Å². The standard InChI is InChI=1S/C20H24N2O4/c1-5-7-16-10-15(11-17(12-21)20(24)22-14(3)4)8-9-18(16)26-13-19(23)25-6-2/h5,8-11,14H,1,6-7,13H2,2-4H3,(H,22,24)/b17-11-. The molecule has 0 heterocycles. The Bertz CT molecular complexity index is 730. The third kappa shape index (κ3) is 6.81. The van der Waals surface area contributed by atoms with Gasteiger partial charge in [-0.15, -0.1) is 6.58 Å². The first-order valence-corrected chi connectivity index (χ1v) is 8.36. The van der Waals surface area contributed by atoms with Crippen molar-refractivity contribution in [2.75, 3.05) is 13.2 Å². The molecule has 0 bridgehead atoms. The van der Waals surface area contributed by atoms with Crippen LogP contribution in [0.3, 0.4) is 0 Å². The summed E-state index contributed by atoms with van der Waals surface area (Å²) in [6.45, 7) is 9.19. The fourth-order valence-electron chi connectivity index (χ4n) is 2.14. The molecule has 0 atom stereocenters. The molecule has 0 radical (unpaired) electrons. The van der Waals surface area contributed by atoms with Gasteiger partial charge in [-0.1, -0.05) is 12.1 Å². The maximum atomic E-state index is 12.0. The zero-order chi connectivity index (χ0) is 19.5. The van der Waals surface area contributed by atoms with E-state index in [2.05, 4.69) is 11.9 Å². The van der Waals surface area contributed by atoms with Crippen molar-refractivity contribution in [1.29, 1.82) is 5.26 Å². The Morgan fingerprint density at radius 2 is 2.12 bits per heavy atom. The Hall–Kier alpha value is -3.07. The van der Waals surface area contributed by atoms with E-state index in [1.807, 2.05) is 19.9 Å². The minimum atomic E-state index is -0.446. The lowest BCUT2D eigenvalue weighted by Gasteiger charge is -2.11. The highest BCUT2D eigenvalue weighted by molar-refractivity contribution is 6.01. The maximum absolute atomic E-state index is 12.0. The van der Waals surface area contributed by atoms with Crippen LogP contribution in [0, 0.1) is 11.3 Å². The number of hydrogen-bond donors (Lipinski definition) is 1. The van der Waals surface area contributed by atoms with Crippen molar-refractivity contribution in [3.63, 3.8) is 0 Å². The minimum Gasteiger partial charge on any atom is -0.482 e. The van der Waals surface area contributed by atoms with Crippen molar-refractivity contribution in [1.82, 2.24) is 5.32 Å². The number of nitrogens with zero attached hydrogens (tertiary/aromatic N) is 1. The van der Waals surface area contributed by atoms with E-state index in [4.69, 9.17) is 9.47 Å². The molecule has 0 saturated heterocycles.